The molecule has 0 spiro atoms. The maximum absolute atomic E-state index is 9.16. The van der Waals surface area contributed by atoms with Crippen LogP contribution < -0.4 is 0 Å². The van der Waals surface area contributed by atoms with Crippen molar-refractivity contribution in [3.8, 4) is 17.3 Å². The van der Waals surface area contributed by atoms with Gasteiger partial charge in [-0.2, -0.15) is 5.26 Å². The molecule has 3 aromatic rings. The third-order valence-corrected chi connectivity index (χ3v) is 3.25. The van der Waals surface area contributed by atoms with Crippen LogP contribution in [0, 0.1) is 18.3 Å². The highest BCUT2D eigenvalue weighted by Crippen LogP contribution is 2.28. The van der Waals surface area contributed by atoms with E-state index >= 15 is 0 Å². The van der Waals surface area contributed by atoms with Gasteiger partial charge in [-0.05, 0) is 19.1 Å². The summed E-state index contributed by atoms with van der Waals surface area (Å²) in [6.45, 7) is 2.06. The average molecular weight is 244 g/mol. The molecule has 0 saturated carbocycles. The standard InChI is InChI=1S/C17H12N2/c1-12-5-7-13(8-6-12)17-16-4-2-3-14(11-18)15(16)9-10-19-17/h2-10H,1H3. The molecule has 0 atom stereocenters. The first-order valence-electron chi connectivity index (χ1n) is 6.14. The quantitative estimate of drug-likeness (QED) is 0.646. The van der Waals surface area contributed by atoms with Gasteiger partial charge in [0.25, 0.3) is 0 Å². The summed E-state index contributed by atoms with van der Waals surface area (Å²) in [7, 11) is 0. The predicted molar refractivity (Wildman–Crippen MR) is 76.6 cm³/mol. The number of hydrogen-bond donors (Lipinski definition) is 0. The van der Waals surface area contributed by atoms with Crippen LogP contribution >= 0.6 is 0 Å². The highest BCUT2D eigenvalue weighted by Gasteiger charge is 2.07. The lowest BCUT2D eigenvalue weighted by Gasteiger charge is -2.07. The molecule has 0 aliphatic rings. The van der Waals surface area contributed by atoms with E-state index in [9.17, 15) is 0 Å². The molecule has 3 rings (SSSR count). The first-order valence-corrected chi connectivity index (χ1v) is 6.14. The maximum atomic E-state index is 9.16. The van der Waals surface area contributed by atoms with Gasteiger partial charge in [-0.25, -0.2) is 0 Å². The van der Waals surface area contributed by atoms with Crippen molar-refractivity contribution in [3.05, 3.63) is 65.9 Å². The molecule has 1 aromatic heterocycles. The van der Waals surface area contributed by atoms with E-state index in [1.165, 1.54) is 5.56 Å². The lowest BCUT2D eigenvalue weighted by molar-refractivity contribution is 1.35. The number of aryl methyl sites for hydroxylation is 1. The third kappa shape index (κ3) is 1.96. The molecule has 2 aromatic carbocycles. The van der Waals surface area contributed by atoms with E-state index in [0.717, 1.165) is 22.0 Å². The minimum absolute atomic E-state index is 0.688. The van der Waals surface area contributed by atoms with E-state index < -0.39 is 0 Å². The molecule has 2 heteroatoms. The van der Waals surface area contributed by atoms with Gasteiger partial charge >= 0.3 is 0 Å². The molecule has 0 aliphatic heterocycles. The van der Waals surface area contributed by atoms with Gasteiger partial charge in [-0.15, -0.1) is 0 Å². The molecule has 0 saturated heterocycles. The number of hydrogen-bond acceptors (Lipinski definition) is 2. The molecule has 19 heavy (non-hydrogen) atoms. The molecule has 90 valence electrons. The maximum Gasteiger partial charge on any atom is 0.0998 e. The van der Waals surface area contributed by atoms with Crippen LogP contribution in [0.15, 0.2) is 54.7 Å². The van der Waals surface area contributed by atoms with E-state index in [-0.39, 0.29) is 0 Å². The molecule has 0 radical (unpaired) electrons. The van der Waals surface area contributed by atoms with Crippen LogP contribution in [0.2, 0.25) is 0 Å². The fourth-order valence-electron chi connectivity index (χ4n) is 2.25. The van der Waals surface area contributed by atoms with Gasteiger partial charge in [0.1, 0.15) is 0 Å². The number of nitrogens with zero attached hydrogens (tertiary/aromatic N) is 2. The predicted octanol–water partition coefficient (Wildman–Crippen LogP) is 4.08. The second-order valence-electron chi connectivity index (χ2n) is 4.54. The molecule has 0 bridgehead atoms. The van der Waals surface area contributed by atoms with Crippen LogP contribution in [-0.4, -0.2) is 4.98 Å². The Balaban J connectivity index is 2.31. The zero-order valence-electron chi connectivity index (χ0n) is 10.6. The second-order valence-corrected chi connectivity index (χ2v) is 4.54. The van der Waals surface area contributed by atoms with E-state index in [1.54, 1.807) is 6.20 Å². The minimum Gasteiger partial charge on any atom is -0.256 e. The Hall–Kier alpha value is -2.66. The van der Waals surface area contributed by atoms with Gasteiger partial charge in [-0.3, -0.25) is 4.98 Å². The fraction of sp³-hybridized carbons (Fsp3) is 0.0588. The average Bonchev–Trinajstić information content (AvgIpc) is 2.47. The Morgan fingerprint density at radius 2 is 1.74 bits per heavy atom. The van der Waals surface area contributed by atoms with Crippen molar-refractivity contribution in [2.24, 2.45) is 0 Å². The van der Waals surface area contributed by atoms with Gasteiger partial charge in [0.2, 0.25) is 0 Å². The van der Waals surface area contributed by atoms with Crippen LogP contribution in [-0.2, 0) is 0 Å². The lowest BCUT2D eigenvalue weighted by Crippen LogP contribution is -1.88. The highest BCUT2D eigenvalue weighted by molar-refractivity contribution is 5.97. The minimum atomic E-state index is 0.688. The van der Waals surface area contributed by atoms with Gasteiger partial charge in [0.15, 0.2) is 0 Å². The van der Waals surface area contributed by atoms with Crippen molar-refractivity contribution in [3.63, 3.8) is 0 Å². The third-order valence-electron chi connectivity index (χ3n) is 3.25. The van der Waals surface area contributed by atoms with Crippen molar-refractivity contribution < 1.29 is 0 Å². The van der Waals surface area contributed by atoms with E-state index in [2.05, 4.69) is 42.2 Å². The zero-order chi connectivity index (χ0) is 13.2. The monoisotopic (exact) mass is 244 g/mol. The fourth-order valence-corrected chi connectivity index (χ4v) is 2.25. The van der Waals surface area contributed by atoms with Crippen LogP contribution in [0.25, 0.3) is 22.0 Å². The van der Waals surface area contributed by atoms with Crippen molar-refractivity contribution >= 4 is 10.8 Å². The summed E-state index contributed by atoms with van der Waals surface area (Å²) < 4.78 is 0. The summed E-state index contributed by atoms with van der Waals surface area (Å²) in [5, 5.41) is 11.1. The SMILES string of the molecule is Cc1ccc(-c2nccc3c(C#N)cccc23)cc1. The highest BCUT2D eigenvalue weighted by atomic mass is 14.7. The first-order chi connectivity index (χ1) is 9.29. The second kappa shape index (κ2) is 4.55. The lowest BCUT2D eigenvalue weighted by atomic mass is 10.0. The summed E-state index contributed by atoms with van der Waals surface area (Å²) in [5.74, 6) is 0. The van der Waals surface area contributed by atoms with Gasteiger partial charge < -0.3 is 0 Å². The van der Waals surface area contributed by atoms with Crippen molar-refractivity contribution in [2.45, 2.75) is 6.92 Å². The normalized spacial score (nSPS) is 10.3. The molecule has 0 N–H and O–H groups in total. The summed E-state index contributed by atoms with van der Waals surface area (Å²) in [6.07, 6.45) is 1.76. The van der Waals surface area contributed by atoms with Crippen molar-refractivity contribution in [1.29, 1.82) is 5.26 Å². The van der Waals surface area contributed by atoms with Gasteiger partial charge in [-0.1, -0.05) is 42.0 Å². The topological polar surface area (TPSA) is 36.7 Å². The first kappa shape index (κ1) is 11.4. The van der Waals surface area contributed by atoms with Crippen molar-refractivity contribution in [1.82, 2.24) is 4.98 Å². The molecule has 0 unspecified atom stereocenters. The largest absolute Gasteiger partial charge is 0.256 e. The Morgan fingerprint density at radius 3 is 2.47 bits per heavy atom. The van der Waals surface area contributed by atoms with Gasteiger partial charge in [0.05, 0.1) is 17.3 Å². The number of nitriles is 1. The Kier molecular flexibility index (Phi) is 2.74. The number of rotatable bonds is 1. The van der Waals surface area contributed by atoms with Crippen LogP contribution in [0.5, 0.6) is 0 Å². The number of pyridine rings is 1. The summed E-state index contributed by atoms with van der Waals surface area (Å²) in [5.41, 5.74) is 3.91. The summed E-state index contributed by atoms with van der Waals surface area (Å²) in [4.78, 5) is 4.47. The molecule has 0 aliphatic carbocycles. The molecular formula is C17H12N2. The molecule has 2 nitrogen and oxygen atoms in total. The molecule has 0 amide bonds. The number of aromatic nitrogens is 1. The number of benzene rings is 2. The summed E-state index contributed by atoms with van der Waals surface area (Å²) >= 11 is 0. The Labute approximate surface area is 112 Å². The van der Waals surface area contributed by atoms with E-state index in [0.29, 0.717) is 5.56 Å². The Morgan fingerprint density at radius 1 is 0.947 bits per heavy atom. The number of fused-ring (bicyclic) bond motifs is 1. The van der Waals surface area contributed by atoms with Gasteiger partial charge in [0, 0.05) is 22.5 Å². The molecule has 0 fully saturated rings. The van der Waals surface area contributed by atoms with E-state index in [1.807, 2.05) is 24.3 Å². The zero-order valence-corrected chi connectivity index (χ0v) is 10.6. The Bertz CT molecular complexity index is 780. The molecular weight excluding hydrogens is 232 g/mol. The van der Waals surface area contributed by atoms with Crippen molar-refractivity contribution in [2.75, 3.05) is 0 Å². The smallest absolute Gasteiger partial charge is 0.0998 e. The van der Waals surface area contributed by atoms with E-state index in [4.69, 9.17) is 5.26 Å². The van der Waals surface area contributed by atoms with Crippen LogP contribution in [0.1, 0.15) is 11.1 Å². The molecule has 1 heterocycles. The van der Waals surface area contributed by atoms with Crippen LogP contribution in [0.3, 0.4) is 0 Å². The summed E-state index contributed by atoms with van der Waals surface area (Å²) in [6, 6.07) is 18.2. The van der Waals surface area contributed by atoms with Crippen LogP contribution in [0.4, 0.5) is 0 Å².